The standard InChI is InChI=1S/C12H16N2OS/c15-8-11-10-2-1-3-12(10)14(13-11)9-4-6-16-7-5-9/h8-9H,1-7H2. The summed E-state index contributed by atoms with van der Waals surface area (Å²) >= 11 is 2.03. The molecule has 3 rings (SSSR count). The summed E-state index contributed by atoms with van der Waals surface area (Å²) in [6, 6.07) is 0.543. The topological polar surface area (TPSA) is 34.9 Å². The van der Waals surface area contributed by atoms with Crippen molar-refractivity contribution >= 4 is 18.0 Å². The zero-order chi connectivity index (χ0) is 11.0. The molecule has 1 aliphatic carbocycles. The molecule has 1 aliphatic heterocycles. The summed E-state index contributed by atoms with van der Waals surface area (Å²) in [6.07, 6.45) is 6.69. The lowest BCUT2D eigenvalue weighted by Gasteiger charge is -2.23. The molecule has 0 aromatic carbocycles. The Morgan fingerprint density at radius 3 is 2.88 bits per heavy atom. The van der Waals surface area contributed by atoms with Crippen molar-refractivity contribution in [2.75, 3.05) is 11.5 Å². The lowest BCUT2D eigenvalue weighted by atomic mass is 10.1. The third kappa shape index (κ3) is 1.59. The summed E-state index contributed by atoms with van der Waals surface area (Å²) in [5, 5.41) is 4.51. The highest BCUT2D eigenvalue weighted by Crippen LogP contribution is 2.32. The molecule has 86 valence electrons. The van der Waals surface area contributed by atoms with Gasteiger partial charge in [-0.05, 0) is 43.6 Å². The van der Waals surface area contributed by atoms with Crippen LogP contribution in [0.2, 0.25) is 0 Å². The zero-order valence-electron chi connectivity index (χ0n) is 9.32. The number of aromatic nitrogens is 2. The van der Waals surface area contributed by atoms with Crippen LogP contribution in [0, 0.1) is 0 Å². The average Bonchev–Trinajstić information content (AvgIpc) is 2.91. The molecule has 0 atom stereocenters. The number of thioether (sulfide) groups is 1. The Morgan fingerprint density at radius 1 is 1.31 bits per heavy atom. The number of aldehydes is 1. The molecule has 1 aromatic heterocycles. The molecule has 0 saturated carbocycles. The first-order valence-electron chi connectivity index (χ1n) is 6.03. The van der Waals surface area contributed by atoms with Crippen LogP contribution in [0.1, 0.15) is 47.1 Å². The molecule has 1 aromatic rings. The Hall–Kier alpha value is -0.770. The van der Waals surface area contributed by atoms with Crippen molar-refractivity contribution in [2.45, 2.75) is 38.1 Å². The second kappa shape index (κ2) is 4.24. The van der Waals surface area contributed by atoms with E-state index >= 15 is 0 Å². The maximum Gasteiger partial charge on any atom is 0.170 e. The highest BCUT2D eigenvalue weighted by molar-refractivity contribution is 7.99. The number of carbonyl (C=O) groups excluding carboxylic acids is 1. The molecular weight excluding hydrogens is 220 g/mol. The van der Waals surface area contributed by atoms with Crippen molar-refractivity contribution in [3.05, 3.63) is 17.0 Å². The first-order chi connectivity index (χ1) is 7.90. The van der Waals surface area contributed by atoms with Crippen molar-refractivity contribution in [3.8, 4) is 0 Å². The van der Waals surface area contributed by atoms with E-state index in [0.29, 0.717) is 11.7 Å². The number of hydrogen-bond donors (Lipinski definition) is 0. The molecule has 2 heterocycles. The number of rotatable bonds is 2. The van der Waals surface area contributed by atoms with Gasteiger partial charge >= 0.3 is 0 Å². The van der Waals surface area contributed by atoms with Gasteiger partial charge in [0.15, 0.2) is 6.29 Å². The summed E-state index contributed by atoms with van der Waals surface area (Å²) in [7, 11) is 0. The Morgan fingerprint density at radius 2 is 2.12 bits per heavy atom. The summed E-state index contributed by atoms with van der Waals surface area (Å²) in [5.41, 5.74) is 3.28. The fourth-order valence-electron chi connectivity index (χ4n) is 2.82. The van der Waals surface area contributed by atoms with Crippen LogP contribution < -0.4 is 0 Å². The van der Waals surface area contributed by atoms with Gasteiger partial charge in [-0.1, -0.05) is 0 Å². The van der Waals surface area contributed by atoms with Crippen LogP contribution in [0.5, 0.6) is 0 Å². The quantitative estimate of drug-likeness (QED) is 0.739. The number of nitrogens with zero attached hydrogens (tertiary/aromatic N) is 2. The number of carbonyl (C=O) groups is 1. The Kier molecular flexibility index (Phi) is 2.75. The van der Waals surface area contributed by atoms with Gasteiger partial charge in [-0.25, -0.2) is 0 Å². The molecule has 0 unspecified atom stereocenters. The molecule has 0 spiro atoms. The number of hydrogen-bond acceptors (Lipinski definition) is 3. The second-order valence-corrected chi connectivity index (χ2v) is 5.79. The molecule has 2 aliphatic rings. The lowest BCUT2D eigenvalue weighted by Crippen LogP contribution is -2.18. The molecule has 1 fully saturated rings. The predicted octanol–water partition coefficient (Wildman–Crippen LogP) is 2.25. The highest BCUT2D eigenvalue weighted by Gasteiger charge is 2.26. The molecule has 0 amide bonds. The van der Waals surface area contributed by atoms with Crippen LogP contribution >= 0.6 is 11.8 Å². The van der Waals surface area contributed by atoms with E-state index < -0.39 is 0 Å². The van der Waals surface area contributed by atoms with Crippen LogP contribution in [0.4, 0.5) is 0 Å². The minimum absolute atomic E-state index is 0.543. The molecule has 16 heavy (non-hydrogen) atoms. The number of fused-ring (bicyclic) bond motifs is 1. The summed E-state index contributed by atoms with van der Waals surface area (Å²) < 4.78 is 2.17. The van der Waals surface area contributed by atoms with Gasteiger partial charge in [0, 0.05) is 11.3 Å². The molecular formula is C12H16N2OS. The van der Waals surface area contributed by atoms with Gasteiger partial charge in [-0.2, -0.15) is 16.9 Å². The van der Waals surface area contributed by atoms with Gasteiger partial charge in [0.05, 0.1) is 6.04 Å². The minimum atomic E-state index is 0.543. The van der Waals surface area contributed by atoms with Gasteiger partial charge in [0.2, 0.25) is 0 Å². The highest BCUT2D eigenvalue weighted by atomic mass is 32.2. The fourth-order valence-corrected chi connectivity index (χ4v) is 3.90. The Labute approximate surface area is 99.6 Å². The van der Waals surface area contributed by atoms with E-state index in [1.54, 1.807) is 0 Å². The summed E-state index contributed by atoms with van der Waals surface area (Å²) in [5.74, 6) is 2.46. The van der Waals surface area contributed by atoms with Crippen molar-refractivity contribution < 1.29 is 4.79 Å². The van der Waals surface area contributed by atoms with Crippen LogP contribution in [-0.2, 0) is 12.8 Å². The maximum absolute atomic E-state index is 11.0. The van der Waals surface area contributed by atoms with Gasteiger partial charge in [0.1, 0.15) is 5.69 Å². The van der Waals surface area contributed by atoms with Crippen molar-refractivity contribution in [1.29, 1.82) is 0 Å². The maximum atomic E-state index is 11.0. The zero-order valence-corrected chi connectivity index (χ0v) is 10.1. The minimum Gasteiger partial charge on any atom is -0.296 e. The first kappa shape index (κ1) is 10.4. The lowest BCUT2D eigenvalue weighted by molar-refractivity contribution is 0.111. The summed E-state index contributed by atoms with van der Waals surface area (Å²) in [4.78, 5) is 11.0. The second-order valence-electron chi connectivity index (χ2n) is 4.57. The largest absolute Gasteiger partial charge is 0.296 e. The van der Waals surface area contributed by atoms with E-state index in [1.807, 2.05) is 11.8 Å². The van der Waals surface area contributed by atoms with Gasteiger partial charge in [-0.15, -0.1) is 0 Å². The van der Waals surface area contributed by atoms with Crippen LogP contribution in [0.15, 0.2) is 0 Å². The monoisotopic (exact) mass is 236 g/mol. The smallest absolute Gasteiger partial charge is 0.170 e. The Bertz CT molecular complexity index is 407. The van der Waals surface area contributed by atoms with Crippen LogP contribution in [0.25, 0.3) is 0 Å². The van der Waals surface area contributed by atoms with E-state index in [9.17, 15) is 4.79 Å². The van der Waals surface area contributed by atoms with Crippen molar-refractivity contribution in [3.63, 3.8) is 0 Å². The molecule has 0 bridgehead atoms. The van der Waals surface area contributed by atoms with E-state index in [2.05, 4.69) is 9.78 Å². The SMILES string of the molecule is O=Cc1nn(C2CCSCC2)c2c1CCC2. The van der Waals surface area contributed by atoms with Crippen molar-refractivity contribution in [2.24, 2.45) is 0 Å². The van der Waals surface area contributed by atoms with Crippen LogP contribution in [-0.4, -0.2) is 27.6 Å². The van der Waals surface area contributed by atoms with E-state index in [-0.39, 0.29) is 0 Å². The van der Waals surface area contributed by atoms with E-state index in [4.69, 9.17) is 0 Å². The fraction of sp³-hybridized carbons (Fsp3) is 0.667. The third-order valence-electron chi connectivity index (χ3n) is 3.64. The molecule has 4 heteroatoms. The third-order valence-corrected chi connectivity index (χ3v) is 4.69. The molecule has 3 nitrogen and oxygen atoms in total. The normalized spacial score (nSPS) is 21.0. The van der Waals surface area contributed by atoms with Crippen molar-refractivity contribution in [1.82, 2.24) is 9.78 Å². The van der Waals surface area contributed by atoms with Crippen LogP contribution in [0.3, 0.4) is 0 Å². The molecule has 0 radical (unpaired) electrons. The molecule has 1 saturated heterocycles. The first-order valence-corrected chi connectivity index (χ1v) is 7.19. The van der Waals surface area contributed by atoms with E-state index in [1.165, 1.54) is 42.0 Å². The predicted molar refractivity (Wildman–Crippen MR) is 65.2 cm³/mol. The summed E-state index contributed by atoms with van der Waals surface area (Å²) in [6.45, 7) is 0. The Balaban J connectivity index is 1.97. The van der Waals surface area contributed by atoms with Gasteiger partial charge in [0.25, 0.3) is 0 Å². The molecule has 0 N–H and O–H groups in total. The van der Waals surface area contributed by atoms with Gasteiger partial charge < -0.3 is 0 Å². The van der Waals surface area contributed by atoms with E-state index in [0.717, 1.165) is 19.1 Å². The average molecular weight is 236 g/mol. The van der Waals surface area contributed by atoms with Gasteiger partial charge in [-0.3, -0.25) is 9.48 Å².